The van der Waals surface area contributed by atoms with Gasteiger partial charge in [0.05, 0.1) is 23.0 Å². The van der Waals surface area contributed by atoms with Crippen LogP contribution < -0.4 is 10.3 Å². The SMILES string of the molecule is O=c1c2ccccc2ncn1CCS(=O)(=O)NCc1cccnc1. The molecule has 8 heteroatoms. The Morgan fingerprint density at radius 1 is 1.12 bits per heavy atom. The standard InChI is InChI=1S/C16H16N4O3S/c21-16-14-5-1-2-6-15(14)18-12-20(16)8-9-24(22,23)19-11-13-4-3-7-17-10-13/h1-7,10,12,19H,8-9,11H2. The van der Waals surface area contributed by atoms with Gasteiger partial charge in [-0.2, -0.15) is 0 Å². The summed E-state index contributed by atoms with van der Waals surface area (Å²) in [5.41, 5.74) is 1.12. The molecule has 0 amide bonds. The summed E-state index contributed by atoms with van der Waals surface area (Å²) in [6.07, 6.45) is 4.60. The summed E-state index contributed by atoms with van der Waals surface area (Å²) in [6.45, 7) is 0.208. The van der Waals surface area contributed by atoms with E-state index in [0.29, 0.717) is 10.9 Å². The van der Waals surface area contributed by atoms with Crippen molar-refractivity contribution in [2.75, 3.05) is 5.75 Å². The highest BCUT2D eigenvalue weighted by Gasteiger charge is 2.12. The van der Waals surface area contributed by atoms with Crippen molar-refractivity contribution in [1.29, 1.82) is 0 Å². The molecule has 2 aromatic heterocycles. The smallest absolute Gasteiger partial charge is 0.261 e. The van der Waals surface area contributed by atoms with Crippen LogP contribution in [0.1, 0.15) is 5.56 Å². The third kappa shape index (κ3) is 3.84. The van der Waals surface area contributed by atoms with Gasteiger partial charge in [0.1, 0.15) is 0 Å². The molecule has 0 bridgehead atoms. The average Bonchev–Trinajstić information content (AvgIpc) is 2.61. The van der Waals surface area contributed by atoms with Gasteiger partial charge in [-0.25, -0.2) is 18.1 Å². The number of para-hydroxylation sites is 1. The molecule has 0 radical (unpaired) electrons. The molecule has 24 heavy (non-hydrogen) atoms. The third-order valence-corrected chi connectivity index (χ3v) is 4.86. The summed E-state index contributed by atoms with van der Waals surface area (Å²) in [6, 6.07) is 10.5. The Morgan fingerprint density at radius 3 is 2.75 bits per heavy atom. The molecule has 0 spiro atoms. The molecule has 0 saturated carbocycles. The second-order valence-electron chi connectivity index (χ2n) is 5.26. The molecule has 124 valence electrons. The molecule has 3 rings (SSSR count). The van der Waals surface area contributed by atoms with E-state index >= 15 is 0 Å². The van der Waals surface area contributed by atoms with Crippen LogP contribution in [0.25, 0.3) is 10.9 Å². The van der Waals surface area contributed by atoms with E-state index in [1.165, 1.54) is 10.9 Å². The lowest BCUT2D eigenvalue weighted by molar-refractivity contribution is 0.572. The van der Waals surface area contributed by atoms with Gasteiger partial charge < -0.3 is 0 Å². The van der Waals surface area contributed by atoms with Gasteiger partial charge in [-0.05, 0) is 23.8 Å². The van der Waals surface area contributed by atoms with E-state index < -0.39 is 10.0 Å². The molecule has 3 aromatic rings. The largest absolute Gasteiger partial charge is 0.298 e. The van der Waals surface area contributed by atoms with Crippen LogP contribution in [0.4, 0.5) is 0 Å². The number of sulfonamides is 1. The molecule has 7 nitrogen and oxygen atoms in total. The Labute approximate surface area is 139 Å². The number of rotatable bonds is 6. The monoisotopic (exact) mass is 344 g/mol. The summed E-state index contributed by atoms with van der Waals surface area (Å²) in [5.74, 6) is -0.201. The molecule has 0 aliphatic carbocycles. The fourth-order valence-corrected chi connectivity index (χ4v) is 3.22. The van der Waals surface area contributed by atoms with Crippen LogP contribution in [0, 0.1) is 0 Å². The zero-order valence-corrected chi connectivity index (χ0v) is 13.6. The molecular formula is C16H16N4O3S. The first-order valence-corrected chi connectivity index (χ1v) is 9.01. The molecule has 1 N–H and O–H groups in total. The third-order valence-electron chi connectivity index (χ3n) is 3.55. The normalized spacial score (nSPS) is 11.7. The van der Waals surface area contributed by atoms with E-state index in [2.05, 4.69) is 14.7 Å². The van der Waals surface area contributed by atoms with Crippen molar-refractivity contribution in [1.82, 2.24) is 19.3 Å². The van der Waals surface area contributed by atoms with Gasteiger partial charge in [-0.1, -0.05) is 18.2 Å². The molecule has 0 saturated heterocycles. The highest BCUT2D eigenvalue weighted by atomic mass is 32.2. The van der Waals surface area contributed by atoms with E-state index in [-0.39, 0.29) is 24.4 Å². The van der Waals surface area contributed by atoms with Gasteiger partial charge in [0.2, 0.25) is 10.0 Å². The lowest BCUT2D eigenvalue weighted by Gasteiger charge is -2.09. The highest BCUT2D eigenvalue weighted by molar-refractivity contribution is 7.89. The van der Waals surface area contributed by atoms with Gasteiger partial charge in [0, 0.05) is 25.5 Å². The van der Waals surface area contributed by atoms with Crippen LogP contribution in [0.15, 0.2) is 59.9 Å². The minimum atomic E-state index is -3.51. The topological polar surface area (TPSA) is 94.0 Å². The molecule has 0 aliphatic heterocycles. The first kappa shape index (κ1) is 16.3. The quantitative estimate of drug-likeness (QED) is 0.717. The van der Waals surface area contributed by atoms with Crippen LogP contribution in [-0.2, 0) is 23.1 Å². The van der Waals surface area contributed by atoms with Gasteiger partial charge in [-0.3, -0.25) is 14.3 Å². The number of aryl methyl sites for hydroxylation is 1. The second kappa shape index (κ2) is 6.90. The number of hydrogen-bond acceptors (Lipinski definition) is 5. The van der Waals surface area contributed by atoms with Gasteiger partial charge in [-0.15, -0.1) is 0 Å². The molecular weight excluding hydrogens is 328 g/mol. The first-order valence-electron chi connectivity index (χ1n) is 7.35. The van der Waals surface area contributed by atoms with Crippen molar-refractivity contribution < 1.29 is 8.42 Å². The molecule has 1 aromatic carbocycles. The van der Waals surface area contributed by atoms with Crippen molar-refractivity contribution in [3.8, 4) is 0 Å². The Morgan fingerprint density at radius 2 is 1.96 bits per heavy atom. The van der Waals surface area contributed by atoms with Crippen molar-refractivity contribution in [3.63, 3.8) is 0 Å². The number of benzene rings is 1. The number of hydrogen-bond donors (Lipinski definition) is 1. The molecule has 0 unspecified atom stereocenters. The maximum atomic E-state index is 12.3. The van der Waals surface area contributed by atoms with E-state index in [9.17, 15) is 13.2 Å². The maximum absolute atomic E-state index is 12.3. The summed E-state index contributed by atoms with van der Waals surface area (Å²) in [4.78, 5) is 20.4. The van der Waals surface area contributed by atoms with Gasteiger partial charge in [0.25, 0.3) is 5.56 Å². The van der Waals surface area contributed by atoms with Crippen LogP contribution in [-0.4, -0.2) is 28.7 Å². The minimum Gasteiger partial charge on any atom is -0.298 e. The van der Waals surface area contributed by atoms with E-state index in [1.807, 2.05) is 0 Å². The van der Waals surface area contributed by atoms with Gasteiger partial charge >= 0.3 is 0 Å². The van der Waals surface area contributed by atoms with E-state index in [0.717, 1.165) is 5.56 Å². The highest BCUT2D eigenvalue weighted by Crippen LogP contribution is 2.04. The zero-order valence-electron chi connectivity index (χ0n) is 12.8. The maximum Gasteiger partial charge on any atom is 0.261 e. The summed E-state index contributed by atoms with van der Waals surface area (Å²) < 4.78 is 28.0. The number of nitrogens with one attached hydrogen (secondary N) is 1. The molecule has 2 heterocycles. The Balaban J connectivity index is 1.68. The van der Waals surface area contributed by atoms with E-state index in [1.54, 1.807) is 48.8 Å². The fourth-order valence-electron chi connectivity index (χ4n) is 2.25. The van der Waals surface area contributed by atoms with E-state index in [4.69, 9.17) is 0 Å². The Kier molecular flexibility index (Phi) is 4.68. The van der Waals surface area contributed by atoms with Crippen LogP contribution >= 0.6 is 0 Å². The number of aromatic nitrogens is 3. The molecule has 0 atom stereocenters. The van der Waals surface area contributed by atoms with Crippen LogP contribution in [0.3, 0.4) is 0 Å². The van der Waals surface area contributed by atoms with Crippen LogP contribution in [0.2, 0.25) is 0 Å². The van der Waals surface area contributed by atoms with Crippen molar-refractivity contribution in [2.45, 2.75) is 13.1 Å². The zero-order chi connectivity index (χ0) is 17.0. The molecule has 0 aliphatic rings. The molecule has 0 fully saturated rings. The number of fused-ring (bicyclic) bond motifs is 1. The predicted molar refractivity (Wildman–Crippen MR) is 90.9 cm³/mol. The number of pyridine rings is 1. The average molecular weight is 344 g/mol. The predicted octanol–water partition coefficient (Wildman–Crippen LogP) is 0.911. The van der Waals surface area contributed by atoms with Gasteiger partial charge in [0.15, 0.2) is 0 Å². The Bertz CT molecular complexity index is 1000. The first-order chi connectivity index (χ1) is 11.6. The second-order valence-corrected chi connectivity index (χ2v) is 7.19. The fraction of sp³-hybridized carbons (Fsp3) is 0.188. The minimum absolute atomic E-state index is 0.0407. The summed E-state index contributed by atoms with van der Waals surface area (Å²) >= 11 is 0. The lowest BCUT2D eigenvalue weighted by atomic mass is 10.2. The van der Waals surface area contributed by atoms with Crippen molar-refractivity contribution >= 4 is 20.9 Å². The van der Waals surface area contributed by atoms with Crippen molar-refractivity contribution in [3.05, 3.63) is 71.0 Å². The summed E-state index contributed by atoms with van der Waals surface area (Å²) in [5, 5.41) is 0.473. The number of nitrogens with zero attached hydrogens (tertiary/aromatic N) is 3. The van der Waals surface area contributed by atoms with Crippen molar-refractivity contribution in [2.24, 2.45) is 0 Å². The lowest BCUT2D eigenvalue weighted by Crippen LogP contribution is -2.31. The Hall–Kier alpha value is -2.58. The summed E-state index contributed by atoms with van der Waals surface area (Å²) in [7, 11) is -3.51. The van der Waals surface area contributed by atoms with Crippen LogP contribution in [0.5, 0.6) is 0 Å².